The van der Waals surface area contributed by atoms with E-state index in [1.165, 1.54) is 12.1 Å². The summed E-state index contributed by atoms with van der Waals surface area (Å²) in [5.41, 5.74) is 2.79. The van der Waals surface area contributed by atoms with Crippen LogP contribution in [0.4, 0.5) is 10.1 Å². The molecule has 1 aromatic heterocycles. The highest BCUT2D eigenvalue weighted by Crippen LogP contribution is 2.23. The Kier molecular flexibility index (Phi) is 4.06. The first kappa shape index (κ1) is 15.2. The number of para-hydroxylation sites is 1. The molecule has 0 fully saturated rings. The molecule has 3 aromatic rings. The van der Waals surface area contributed by atoms with E-state index in [0.29, 0.717) is 11.3 Å². The minimum Gasteiger partial charge on any atom is -0.322 e. The number of halogens is 1. The normalized spacial score (nSPS) is 11.0. The standard InChI is InChI=1S/C19H17FN2O/c1-12(2)18-11-16(15-5-3-4-6-17(15)22-18)19(23)21-14-9-7-13(20)8-10-14/h3-12H,1-2H3,(H,21,23). The molecule has 4 heteroatoms. The molecule has 0 atom stereocenters. The van der Waals surface area contributed by atoms with Crippen LogP contribution in [0.3, 0.4) is 0 Å². The van der Waals surface area contributed by atoms with E-state index in [4.69, 9.17) is 0 Å². The fourth-order valence-electron chi connectivity index (χ4n) is 2.41. The van der Waals surface area contributed by atoms with E-state index in [1.54, 1.807) is 12.1 Å². The van der Waals surface area contributed by atoms with Gasteiger partial charge in [-0.2, -0.15) is 0 Å². The predicted octanol–water partition coefficient (Wildman–Crippen LogP) is 4.75. The molecule has 0 aliphatic rings. The zero-order valence-corrected chi connectivity index (χ0v) is 13.0. The molecule has 0 radical (unpaired) electrons. The first-order valence-electron chi connectivity index (χ1n) is 7.51. The molecule has 23 heavy (non-hydrogen) atoms. The largest absolute Gasteiger partial charge is 0.322 e. The number of amides is 1. The second-order valence-electron chi connectivity index (χ2n) is 5.73. The smallest absolute Gasteiger partial charge is 0.256 e. The van der Waals surface area contributed by atoms with Gasteiger partial charge in [-0.15, -0.1) is 0 Å². The molecule has 2 aromatic carbocycles. The number of benzene rings is 2. The number of anilines is 1. The molecule has 3 rings (SSSR count). The highest BCUT2D eigenvalue weighted by atomic mass is 19.1. The maximum atomic E-state index is 13.0. The van der Waals surface area contributed by atoms with E-state index in [9.17, 15) is 9.18 Å². The van der Waals surface area contributed by atoms with Crippen LogP contribution in [0.1, 0.15) is 35.8 Å². The molecular formula is C19H17FN2O. The number of nitrogens with zero attached hydrogens (tertiary/aromatic N) is 1. The van der Waals surface area contributed by atoms with E-state index < -0.39 is 0 Å². The van der Waals surface area contributed by atoms with Gasteiger partial charge in [0.2, 0.25) is 0 Å². The lowest BCUT2D eigenvalue weighted by atomic mass is 10.0. The van der Waals surface area contributed by atoms with Gasteiger partial charge in [-0.25, -0.2) is 4.39 Å². The van der Waals surface area contributed by atoms with Crippen molar-refractivity contribution in [2.45, 2.75) is 19.8 Å². The summed E-state index contributed by atoms with van der Waals surface area (Å²) >= 11 is 0. The monoisotopic (exact) mass is 308 g/mol. The van der Waals surface area contributed by atoms with Crippen molar-refractivity contribution >= 4 is 22.5 Å². The Morgan fingerprint density at radius 1 is 1.09 bits per heavy atom. The van der Waals surface area contributed by atoms with E-state index >= 15 is 0 Å². The zero-order valence-electron chi connectivity index (χ0n) is 13.0. The van der Waals surface area contributed by atoms with E-state index in [0.717, 1.165) is 16.6 Å². The van der Waals surface area contributed by atoms with Crippen molar-refractivity contribution in [3.05, 3.63) is 71.7 Å². The Morgan fingerprint density at radius 2 is 1.78 bits per heavy atom. The molecule has 116 valence electrons. The van der Waals surface area contributed by atoms with E-state index in [1.807, 2.05) is 44.2 Å². The van der Waals surface area contributed by atoms with Crippen LogP contribution in [0, 0.1) is 5.82 Å². The van der Waals surface area contributed by atoms with E-state index in [2.05, 4.69) is 10.3 Å². The molecule has 0 aliphatic carbocycles. The van der Waals surface area contributed by atoms with Crippen molar-refractivity contribution in [3.63, 3.8) is 0 Å². The number of rotatable bonds is 3. The number of aromatic nitrogens is 1. The molecule has 3 nitrogen and oxygen atoms in total. The van der Waals surface area contributed by atoms with Gasteiger partial charge in [0.1, 0.15) is 5.82 Å². The molecule has 0 saturated heterocycles. The minimum atomic E-state index is -0.334. The number of fused-ring (bicyclic) bond motifs is 1. The van der Waals surface area contributed by atoms with Crippen LogP contribution < -0.4 is 5.32 Å². The molecular weight excluding hydrogens is 291 g/mol. The van der Waals surface area contributed by atoms with Gasteiger partial charge in [0, 0.05) is 16.8 Å². The maximum Gasteiger partial charge on any atom is 0.256 e. The molecule has 0 saturated carbocycles. The van der Waals surface area contributed by atoms with Gasteiger partial charge >= 0.3 is 0 Å². The summed E-state index contributed by atoms with van der Waals surface area (Å²) in [6, 6.07) is 15.1. The second-order valence-corrected chi connectivity index (χ2v) is 5.73. The highest BCUT2D eigenvalue weighted by Gasteiger charge is 2.14. The summed E-state index contributed by atoms with van der Waals surface area (Å²) in [5.74, 6) is -0.339. The van der Waals surface area contributed by atoms with Crippen LogP contribution in [-0.4, -0.2) is 10.9 Å². The van der Waals surface area contributed by atoms with Crippen molar-refractivity contribution in [1.82, 2.24) is 4.98 Å². The van der Waals surface area contributed by atoms with Crippen LogP contribution in [0.25, 0.3) is 10.9 Å². The van der Waals surface area contributed by atoms with Gasteiger partial charge in [0.25, 0.3) is 5.91 Å². The quantitative estimate of drug-likeness (QED) is 0.758. The molecule has 0 unspecified atom stereocenters. The lowest BCUT2D eigenvalue weighted by Crippen LogP contribution is -2.13. The third kappa shape index (κ3) is 3.21. The van der Waals surface area contributed by atoms with Gasteiger partial charge < -0.3 is 5.32 Å². The molecule has 1 amide bonds. The minimum absolute atomic E-state index is 0.219. The number of hydrogen-bond acceptors (Lipinski definition) is 2. The predicted molar refractivity (Wildman–Crippen MR) is 90.2 cm³/mol. The average molecular weight is 308 g/mol. The van der Waals surface area contributed by atoms with Gasteiger partial charge in [0.15, 0.2) is 0 Å². The third-order valence-electron chi connectivity index (χ3n) is 3.67. The fourth-order valence-corrected chi connectivity index (χ4v) is 2.41. The van der Waals surface area contributed by atoms with Crippen LogP contribution in [0.2, 0.25) is 0 Å². The van der Waals surface area contributed by atoms with Crippen molar-refractivity contribution < 1.29 is 9.18 Å². The second kappa shape index (κ2) is 6.16. The SMILES string of the molecule is CC(C)c1cc(C(=O)Nc2ccc(F)cc2)c2ccccc2n1. The lowest BCUT2D eigenvalue weighted by molar-refractivity contribution is 0.102. The van der Waals surface area contributed by atoms with Gasteiger partial charge in [0.05, 0.1) is 11.1 Å². The highest BCUT2D eigenvalue weighted by molar-refractivity contribution is 6.12. The molecule has 0 spiro atoms. The zero-order chi connectivity index (χ0) is 16.4. The van der Waals surface area contributed by atoms with Gasteiger partial charge in [-0.1, -0.05) is 32.0 Å². The molecule has 0 bridgehead atoms. The average Bonchev–Trinajstić information content (AvgIpc) is 2.55. The molecule has 1 heterocycles. The van der Waals surface area contributed by atoms with Crippen LogP contribution in [-0.2, 0) is 0 Å². The number of nitrogens with one attached hydrogen (secondary N) is 1. The third-order valence-corrected chi connectivity index (χ3v) is 3.67. The van der Waals surface area contributed by atoms with Crippen molar-refractivity contribution in [1.29, 1.82) is 0 Å². The Balaban J connectivity index is 2.03. The van der Waals surface area contributed by atoms with Crippen LogP contribution in [0.15, 0.2) is 54.6 Å². The van der Waals surface area contributed by atoms with Gasteiger partial charge in [-0.3, -0.25) is 9.78 Å². The Bertz CT molecular complexity index is 857. The first-order chi connectivity index (χ1) is 11.0. The number of hydrogen-bond donors (Lipinski definition) is 1. The maximum absolute atomic E-state index is 13.0. The topological polar surface area (TPSA) is 42.0 Å². The summed E-state index contributed by atoms with van der Waals surface area (Å²) in [4.78, 5) is 17.3. The molecule has 0 aliphatic heterocycles. The summed E-state index contributed by atoms with van der Waals surface area (Å²) < 4.78 is 13.0. The van der Waals surface area contributed by atoms with Crippen LogP contribution >= 0.6 is 0 Å². The number of carbonyl (C=O) groups excluding carboxylic acids is 1. The van der Waals surface area contributed by atoms with Crippen molar-refractivity contribution in [2.24, 2.45) is 0 Å². The van der Waals surface area contributed by atoms with Crippen molar-refractivity contribution in [2.75, 3.05) is 5.32 Å². The van der Waals surface area contributed by atoms with Gasteiger partial charge in [-0.05, 0) is 42.3 Å². The Hall–Kier alpha value is -2.75. The number of pyridine rings is 1. The summed E-state index contributed by atoms with van der Waals surface area (Å²) in [6.45, 7) is 4.08. The van der Waals surface area contributed by atoms with Crippen LogP contribution in [0.5, 0.6) is 0 Å². The fraction of sp³-hybridized carbons (Fsp3) is 0.158. The lowest BCUT2D eigenvalue weighted by Gasteiger charge is -2.12. The number of carbonyl (C=O) groups is 1. The summed E-state index contributed by atoms with van der Waals surface area (Å²) in [5, 5.41) is 3.61. The summed E-state index contributed by atoms with van der Waals surface area (Å²) in [7, 11) is 0. The molecule has 1 N–H and O–H groups in total. The Morgan fingerprint density at radius 3 is 2.48 bits per heavy atom. The first-order valence-corrected chi connectivity index (χ1v) is 7.51. The van der Waals surface area contributed by atoms with E-state index in [-0.39, 0.29) is 17.6 Å². The summed E-state index contributed by atoms with van der Waals surface area (Å²) in [6.07, 6.45) is 0. The Labute approximate surface area is 134 Å². The van der Waals surface area contributed by atoms with Crippen molar-refractivity contribution in [3.8, 4) is 0 Å².